The minimum atomic E-state index is -0.573. The molecule has 3 nitrogen and oxygen atoms in total. The van der Waals surface area contributed by atoms with Crippen LogP contribution in [0.15, 0.2) is 24.5 Å². The Morgan fingerprint density at radius 2 is 2.07 bits per heavy atom. The number of nitrogens with two attached hydrogens (primary N) is 1. The van der Waals surface area contributed by atoms with Crippen LogP contribution < -0.4 is 5.73 Å². The third kappa shape index (κ3) is 1.79. The molecular formula is C11H18N2O. The van der Waals surface area contributed by atoms with Crippen LogP contribution in [0.3, 0.4) is 0 Å². The van der Waals surface area contributed by atoms with Crippen LogP contribution in [0.25, 0.3) is 0 Å². The second-order valence-electron chi connectivity index (χ2n) is 4.49. The molecule has 0 amide bonds. The van der Waals surface area contributed by atoms with Crippen LogP contribution in [-0.4, -0.2) is 16.7 Å². The summed E-state index contributed by atoms with van der Waals surface area (Å²) in [4.78, 5) is 4.04. The molecule has 0 aliphatic heterocycles. The summed E-state index contributed by atoms with van der Waals surface area (Å²) in [7, 11) is 0. The van der Waals surface area contributed by atoms with Gasteiger partial charge in [0.1, 0.15) is 0 Å². The van der Waals surface area contributed by atoms with Crippen molar-refractivity contribution in [3.05, 3.63) is 30.1 Å². The van der Waals surface area contributed by atoms with Gasteiger partial charge in [0.15, 0.2) is 0 Å². The third-order valence-corrected chi connectivity index (χ3v) is 3.06. The molecule has 0 saturated heterocycles. The second-order valence-corrected chi connectivity index (χ2v) is 4.49. The molecule has 1 rings (SSSR count). The molecule has 0 aliphatic rings. The van der Waals surface area contributed by atoms with Gasteiger partial charge in [-0.2, -0.15) is 0 Å². The van der Waals surface area contributed by atoms with Crippen LogP contribution >= 0.6 is 0 Å². The van der Waals surface area contributed by atoms with E-state index in [4.69, 9.17) is 5.73 Å². The fourth-order valence-corrected chi connectivity index (χ4v) is 1.22. The van der Waals surface area contributed by atoms with E-state index in [-0.39, 0.29) is 12.0 Å². The van der Waals surface area contributed by atoms with E-state index in [1.165, 1.54) is 0 Å². The quantitative estimate of drug-likeness (QED) is 0.762. The van der Waals surface area contributed by atoms with Gasteiger partial charge in [-0.1, -0.05) is 19.9 Å². The van der Waals surface area contributed by atoms with Crippen LogP contribution in [0.1, 0.15) is 26.3 Å². The molecule has 0 radical (unpaired) electrons. The van der Waals surface area contributed by atoms with Crippen molar-refractivity contribution >= 4 is 0 Å². The van der Waals surface area contributed by atoms with Gasteiger partial charge in [0, 0.05) is 23.3 Å². The molecule has 1 unspecified atom stereocenters. The first-order chi connectivity index (χ1) is 6.42. The summed E-state index contributed by atoms with van der Waals surface area (Å²) in [6.07, 6.45) is 3.46. The van der Waals surface area contributed by atoms with Crippen molar-refractivity contribution in [2.45, 2.75) is 26.3 Å². The number of aromatic nitrogens is 1. The average Bonchev–Trinajstić information content (AvgIpc) is 2.19. The first-order valence-corrected chi connectivity index (χ1v) is 4.72. The van der Waals surface area contributed by atoms with Crippen molar-refractivity contribution in [2.75, 3.05) is 6.61 Å². The molecule has 0 fully saturated rings. The van der Waals surface area contributed by atoms with Gasteiger partial charge in [-0.3, -0.25) is 4.98 Å². The van der Waals surface area contributed by atoms with Crippen LogP contribution in [-0.2, 0) is 5.54 Å². The zero-order valence-electron chi connectivity index (χ0n) is 8.99. The van der Waals surface area contributed by atoms with Crippen molar-refractivity contribution in [1.29, 1.82) is 0 Å². The maximum Gasteiger partial charge on any atom is 0.0502 e. The maximum absolute atomic E-state index is 9.29. The van der Waals surface area contributed by atoms with Gasteiger partial charge >= 0.3 is 0 Å². The molecule has 3 N–H and O–H groups in total. The highest BCUT2D eigenvalue weighted by Crippen LogP contribution is 2.36. The van der Waals surface area contributed by atoms with Crippen molar-refractivity contribution in [3.8, 4) is 0 Å². The van der Waals surface area contributed by atoms with E-state index in [0.717, 1.165) is 5.56 Å². The van der Waals surface area contributed by atoms with Gasteiger partial charge in [-0.25, -0.2) is 0 Å². The average molecular weight is 194 g/mol. The lowest BCUT2D eigenvalue weighted by Crippen LogP contribution is -2.49. The Labute approximate surface area is 85.0 Å². The van der Waals surface area contributed by atoms with Crippen LogP contribution in [0, 0.1) is 5.41 Å². The zero-order chi connectivity index (χ0) is 10.8. The Hall–Kier alpha value is -0.930. The van der Waals surface area contributed by atoms with Gasteiger partial charge in [-0.05, 0) is 18.6 Å². The van der Waals surface area contributed by atoms with Crippen LogP contribution in [0.2, 0.25) is 0 Å². The predicted molar refractivity (Wildman–Crippen MR) is 56.6 cm³/mol. The Kier molecular flexibility index (Phi) is 2.92. The smallest absolute Gasteiger partial charge is 0.0502 e. The van der Waals surface area contributed by atoms with E-state index in [0.29, 0.717) is 0 Å². The van der Waals surface area contributed by atoms with Gasteiger partial charge in [0.2, 0.25) is 0 Å². The molecular weight excluding hydrogens is 176 g/mol. The molecule has 0 aromatic carbocycles. The van der Waals surface area contributed by atoms with Gasteiger partial charge in [0.25, 0.3) is 0 Å². The fraction of sp³-hybridized carbons (Fsp3) is 0.545. The molecule has 0 aliphatic carbocycles. The normalized spacial score (nSPS) is 16.4. The number of hydrogen-bond acceptors (Lipinski definition) is 3. The third-order valence-electron chi connectivity index (χ3n) is 3.06. The summed E-state index contributed by atoms with van der Waals surface area (Å²) in [6.45, 7) is 5.86. The van der Waals surface area contributed by atoms with Crippen molar-refractivity contribution in [3.63, 3.8) is 0 Å². The van der Waals surface area contributed by atoms with Crippen LogP contribution in [0.5, 0.6) is 0 Å². The van der Waals surface area contributed by atoms with Crippen molar-refractivity contribution in [2.24, 2.45) is 11.1 Å². The zero-order valence-corrected chi connectivity index (χ0v) is 8.99. The number of nitrogens with zero attached hydrogens (tertiary/aromatic N) is 1. The monoisotopic (exact) mass is 194 g/mol. The maximum atomic E-state index is 9.29. The molecule has 1 aromatic rings. The number of aliphatic hydroxyl groups is 1. The van der Waals surface area contributed by atoms with E-state index >= 15 is 0 Å². The summed E-state index contributed by atoms with van der Waals surface area (Å²) >= 11 is 0. The lowest BCUT2D eigenvalue weighted by atomic mass is 9.71. The molecule has 1 heterocycles. The predicted octanol–water partition coefficient (Wildman–Crippen LogP) is 1.27. The summed E-state index contributed by atoms with van der Waals surface area (Å²) in [5.74, 6) is 0. The Morgan fingerprint density at radius 3 is 2.50 bits per heavy atom. The second kappa shape index (κ2) is 3.67. The van der Waals surface area contributed by atoms with Gasteiger partial charge in [-0.15, -0.1) is 0 Å². The van der Waals surface area contributed by atoms with E-state index in [2.05, 4.69) is 4.98 Å². The lowest BCUT2D eigenvalue weighted by Gasteiger charge is -2.40. The summed E-state index contributed by atoms with van der Waals surface area (Å²) in [5.41, 5.74) is 6.23. The first kappa shape index (κ1) is 11.1. The molecule has 0 saturated carbocycles. The summed E-state index contributed by atoms with van der Waals surface area (Å²) in [6, 6.07) is 3.79. The SMILES string of the molecule is CC(C)(CO)C(C)(N)c1cccnc1. The molecule has 0 spiro atoms. The largest absolute Gasteiger partial charge is 0.396 e. The number of aliphatic hydroxyl groups excluding tert-OH is 1. The topological polar surface area (TPSA) is 59.1 Å². The molecule has 3 heteroatoms. The first-order valence-electron chi connectivity index (χ1n) is 4.72. The van der Waals surface area contributed by atoms with E-state index < -0.39 is 5.54 Å². The van der Waals surface area contributed by atoms with Gasteiger partial charge < -0.3 is 10.8 Å². The van der Waals surface area contributed by atoms with E-state index in [9.17, 15) is 5.11 Å². The highest BCUT2D eigenvalue weighted by atomic mass is 16.3. The molecule has 1 aromatic heterocycles. The van der Waals surface area contributed by atoms with E-state index in [1.807, 2.05) is 32.9 Å². The summed E-state index contributed by atoms with van der Waals surface area (Å²) in [5, 5.41) is 9.29. The van der Waals surface area contributed by atoms with Crippen molar-refractivity contribution < 1.29 is 5.11 Å². The minimum absolute atomic E-state index is 0.0505. The lowest BCUT2D eigenvalue weighted by molar-refractivity contribution is 0.0809. The standard InChI is InChI=1S/C11H18N2O/c1-10(2,8-14)11(3,12)9-5-4-6-13-7-9/h4-7,14H,8,12H2,1-3H3. The highest BCUT2D eigenvalue weighted by Gasteiger charge is 2.38. The molecule has 78 valence electrons. The molecule has 1 atom stereocenters. The van der Waals surface area contributed by atoms with Crippen LogP contribution in [0.4, 0.5) is 0 Å². The molecule has 0 bridgehead atoms. The van der Waals surface area contributed by atoms with Crippen molar-refractivity contribution in [1.82, 2.24) is 4.98 Å². The number of hydrogen-bond donors (Lipinski definition) is 2. The fourth-order valence-electron chi connectivity index (χ4n) is 1.22. The molecule has 14 heavy (non-hydrogen) atoms. The highest BCUT2D eigenvalue weighted by molar-refractivity contribution is 5.22. The number of pyridine rings is 1. The van der Waals surface area contributed by atoms with E-state index in [1.54, 1.807) is 12.4 Å². The number of rotatable bonds is 3. The van der Waals surface area contributed by atoms with Gasteiger partial charge in [0.05, 0.1) is 6.61 Å². The Balaban J connectivity index is 3.08. The minimum Gasteiger partial charge on any atom is -0.396 e. The Morgan fingerprint density at radius 1 is 1.43 bits per heavy atom. The summed E-state index contributed by atoms with van der Waals surface area (Å²) < 4.78 is 0. The Bertz CT molecular complexity index is 293.